The second kappa shape index (κ2) is 5.19. The fourth-order valence-corrected chi connectivity index (χ4v) is 2.66. The van der Waals surface area contributed by atoms with Gasteiger partial charge in [0.2, 0.25) is 0 Å². The summed E-state index contributed by atoms with van der Waals surface area (Å²) in [7, 11) is 0. The van der Waals surface area contributed by atoms with Gasteiger partial charge in [0.1, 0.15) is 11.6 Å². The minimum atomic E-state index is -1.26. The van der Waals surface area contributed by atoms with E-state index in [1.54, 1.807) is 0 Å². The van der Waals surface area contributed by atoms with Crippen LogP contribution in [0.25, 0.3) is 0 Å². The highest BCUT2D eigenvalue weighted by atomic mass is 19.1. The van der Waals surface area contributed by atoms with E-state index in [9.17, 15) is 9.18 Å². The Morgan fingerprint density at radius 3 is 2.79 bits per heavy atom. The van der Waals surface area contributed by atoms with Gasteiger partial charge in [0, 0.05) is 6.07 Å². The van der Waals surface area contributed by atoms with Crippen molar-refractivity contribution < 1.29 is 19.0 Å². The van der Waals surface area contributed by atoms with Crippen LogP contribution in [0.2, 0.25) is 0 Å². The van der Waals surface area contributed by atoms with Crippen LogP contribution in [0, 0.1) is 11.2 Å². The first-order chi connectivity index (χ1) is 8.87. The molecule has 0 spiro atoms. The Morgan fingerprint density at radius 1 is 1.47 bits per heavy atom. The Labute approximate surface area is 112 Å². The number of rotatable bonds is 3. The summed E-state index contributed by atoms with van der Waals surface area (Å²) in [5, 5.41) is 8.77. The highest BCUT2D eigenvalue weighted by molar-refractivity contribution is 5.88. The molecule has 19 heavy (non-hydrogen) atoms. The molecule has 1 fully saturated rings. The van der Waals surface area contributed by atoms with Crippen LogP contribution in [0.1, 0.15) is 49.9 Å². The maximum absolute atomic E-state index is 13.5. The standard InChI is InChI=1S/C15H19FO3/c1-15(2)7-3-4-11(9-15)19-10-5-6-12(14(17)18)13(16)8-10/h5-6,8,11H,3-4,7,9H2,1-2H3,(H,17,18). The van der Waals surface area contributed by atoms with Crippen molar-refractivity contribution in [3.8, 4) is 5.75 Å². The maximum Gasteiger partial charge on any atom is 0.338 e. The number of hydrogen-bond donors (Lipinski definition) is 1. The van der Waals surface area contributed by atoms with Crippen LogP contribution < -0.4 is 4.74 Å². The average molecular weight is 266 g/mol. The molecule has 0 aliphatic heterocycles. The van der Waals surface area contributed by atoms with Gasteiger partial charge < -0.3 is 9.84 Å². The van der Waals surface area contributed by atoms with Crippen molar-refractivity contribution in [2.75, 3.05) is 0 Å². The molecule has 0 aromatic heterocycles. The summed E-state index contributed by atoms with van der Waals surface area (Å²) in [6.45, 7) is 4.41. The van der Waals surface area contributed by atoms with Gasteiger partial charge >= 0.3 is 5.97 Å². The van der Waals surface area contributed by atoms with Gasteiger partial charge in [-0.05, 0) is 43.2 Å². The van der Waals surface area contributed by atoms with Gasteiger partial charge in [-0.2, -0.15) is 0 Å². The molecule has 1 saturated carbocycles. The lowest BCUT2D eigenvalue weighted by Crippen LogP contribution is -2.30. The summed E-state index contributed by atoms with van der Waals surface area (Å²) < 4.78 is 19.3. The molecule has 1 aromatic rings. The molecular formula is C15H19FO3. The Kier molecular flexibility index (Phi) is 3.78. The first-order valence-corrected chi connectivity index (χ1v) is 6.57. The van der Waals surface area contributed by atoms with Gasteiger partial charge in [0.25, 0.3) is 0 Å². The second-order valence-corrected chi connectivity index (χ2v) is 5.95. The SMILES string of the molecule is CC1(C)CCCC(Oc2ccc(C(=O)O)c(F)c2)C1. The monoisotopic (exact) mass is 266 g/mol. The number of carboxylic acid groups (broad SMARTS) is 1. The smallest absolute Gasteiger partial charge is 0.338 e. The lowest BCUT2D eigenvalue weighted by atomic mass is 9.76. The molecule has 0 bridgehead atoms. The normalized spacial score (nSPS) is 21.9. The van der Waals surface area contributed by atoms with E-state index in [1.165, 1.54) is 18.6 Å². The van der Waals surface area contributed by atoms with Crippen LogP contribution in [0.3, 0.4) is 0 Å². The molecular weight excluding hydrogens is 247 g/mol. The molecule has 0 amide bonds. The Balaban J connectivity index is 2.07. The first-order valence-electron chi connectivity index (χ1n) is 6.57. The summed E-state index contributed by atoms with van der Waals surface area (Å²) in [6, 6.07) is 3.93. The van der Waals surface area contributed by atoms with Gasteiger partial charge in [-0.1, -0.05) is 13.8 Å². The van der Waals surface area contributed by atoms with E-state index in [0.29, 0.717) is 5.75 Å². The summed E-state index contributed by atoms with van der Waals surface area (Å²) >= 11 is 0. The molecule has 1 aliphatic rings. The quantitative estimate of drug-likeness (QED) is 0.903. The fraction of sp³-hybridized carbons (Fsp3) is 0.533. The van der Waals surface area contributed by atoms with Gasteiger partial charge in [-0.15, -0.1) is 0 Å². The highest BCUT2D eigenvalue weighted by Crippen LogP contribution is 2.37. The predicted molar refractivity (Wildman–Crippen MR) is 70.0 cm³/mol. The largest absolute Gasteiger partial charge is 0.490 e. The molecule has 1 atom stereocenters. The van der Waals surface area contributed by atoms with Crippen molar-refractivity contribution in [2.24, 2.45) is 5.41 Å². The van der Waals surface area contributed by atoms with Crippen molar-refractivity contribution in [1.82, 2.24) is 0 Å². The van der Waals surface area contributed by atoms with Crippen molar-refractivity contribution in [3.63, 3.8) is 0 Å². The fourth-order valence-electron chi connectivity index (χ4n) is 2.66. The maximum atomic E-state index is 13.5. The van der Waals surface area contributed by atoms with Gasteiger partial charge in [-0.25, -0.2) is 9.18 Å². The van der Waals surface area contributed by atoms with Crippen LogP contribution in [0.5, 0.6) is 5.75 Å². The topological polar surface area (TPSA) is 46.5 Å². The molecule has 104 valence electrons. The third-order valence-electron chi connectivity index (χ3n) is 3.63. The number of benzene rings is 1. The van der Waals surface area contributed by atoms with E-state index in [-0.39, 0.29) is 17.1 Å². The van der Waals surface area contributed by atoms with E-state index >= 15 is 0 Å². The third kappa shape index (κ3) is 3.46. The van der Waals surface area contributed by atoms with Crippen LogP contribution in [0.15, 0.2) is 18.2 Å². The summed E-state index contributed by atoms with van der Waals surface area (Å²) in [5.41, 5.74) is -0.0704. The number of carbonyl (C=O) groups is 1. The molecule has 3 nitrogen and oxygen atoms in total. The molecule has 4 heteroatoms. The molecule has 2 rings (SSSR count). The average Bonchev–Trinajstić information content (AvgIpc) is 2.27. The third-order valence-corrected chi connectivity index (χ3v) is 3.63. The zero-order chi connectivity index (χ0) is 14.0. The van der Waals surface area contributed by atoms with Crippen molar-refractivity contribution >= 4 is 5.97 Å². The van der Waals surface area contributed by atoms with Crippen LogP contribution >= 0.6 is 0 Å². The molecule has 1 aliphatic carbocycles. The van der Waals surface area contributed by atoms with Crippen molar-refractivity contribution in [1.29, 1.82) is 0 Å². The number of ether oxygens (including phenoxy) is 1. The zero-order valence-electron chi connectivity index (χ0n) is 11.3. The molecule has 0 heterocycles. The van der Waals surface area contributed by atoms with Crippen molar-refractivity contribution in [3.05, 3.63) is 29.6 Å². The van der Waals surface area contributed by atoms with Gasteiger partial charge in [-0.3, -0.25) is 0 Å². The van der Waals surface area contributed by atoms with E-state index in [1.807, 2.05) is 0 Å². The number of halogens is 1. The van der Waals surface area contributed by atoms with Gasteiger partial charge in [0.05, 0.1) is 11.7 Å². The van der Waals surface area contributed by atoms with E-state index in [2.05, 4.69) is 13.8 Å². The van der Waals surface area contributed by atoms with Crippen LogP contribution in [-0.4, -0.2) is 17.2 Å². The molecule has 1 unspecified atom stereocenters. The molecule has 1 aromatic carbocycles. The Bertz CT molecular complexity index is 482. The summed E-state index contributed by atoms with van der Waals surface area (Å²) in [5.74, 6) is -1.60. The minimum Gasteiger partial charge on any atom is -0.490 e. The number of hydrogen-bond acceptors (Lipinski definition) is 2. The molecule has 0 saturated heterocycles. The van der Waals surface area contributed by atoms with Crippen LogP contribution in [0.4, 0.5) is 4.39 Å². The van der Waals surface area contributed by atoms with E-state index in [0.717, 1.165) is 25.3 Å². The predicted octanol–water partition coefficient (Wildman–Crippen LogP) is 3.87. The second-order valence-electron chi connectivity index (χ2n) is 5.95. The lowest BCUT2D eigenvalue weighted by Gasteiger charge is -2.35. The van der Waals surface area contributed by atoms with E-state index in [4.69, 9.17) is 9.84 Å². The van der Waals surface area contributed by atoms with Gasteiger partial charge in [0.15, 0.2) is 0 Å². The number of aromatic carboxylic acids is 1. The van der Waals surface area contributed by atoms with E-state index < -0.39 is 11.8 Å². The molecule has 1 N–H and O–H groups in total. The van der Waals surface area contributed by atoms with Crippen molar-refractivity contribution in [2.45, 2.75) is 45.6 Å². The molecule has 0 radical (unpaired) electrons. The Morgan fingerprint density at radius 2 is 2.21 bits per heavy atom. The zero-order valence-corrected chi connectivity index (χ0v) is 11.3. The highest BCUT2D eigenvalue weighted by Gasteiger charge is 2.29. The summed E-state index contributed by atoms with van der Waals surface area (Å²) in [4.78, 5) is 10.7. The van der Waals surface area contributed by atoms with Crippen LogP contribution in [-0.2, 0) is 0 Å². The lowest BCUT2D eigenvalue weighted by molar-refractivity contribution is 0.0691. The Hall–Kier alpha value is -1.58. The minimum absolute atomic E-state index is 0.0822. The first kappa shape index (κ1) is 13.8. The summed E-state index contributed by atoms with van der Waals surface area (Å²) in [6.07, 6.45) is 4.27. The number of carboxylic acids is 1.